The first-order valence-corrected chi connectivity index (χ1v) is 4.22. The third-order valence-corrected chi connectivity index (χ3v) is 2.18. The van der Waals surface area contributed by atoms with E-state index in [0.717, 1.165) is 5.01 Å². The van der Waals surface area contributed by atoms with Crippen LogP contribution in [0.15, 0.2) is 35.7 Å². The number of hydrogen-bond acceptors (Lipinski definition) is 2. The van der Waals surface area contributed by atoms with Crippen LogP contribution in [0.5, 0.6) is 0 Å². The largest absolute Gasteiger partial charge is 0.234 e. The maximum absolute atomic E-state index is 4.08. The summed E-state index contributed by atoms with van der Waals surface area (Å²) >= 11 is 1.61. The Morgan fingerprint density at radius 2 is 2.00 bits per heavy atom. The van der Waals surface area contributed by atoms with Gasteiger partial charge in [0.2, 0.25) is 0 Å². The molecule has 1 aromatic carbocycles. The van der Waals surface area contributed by atoms with Crippen LogP contribution in [0.4, 0.5) is 0 Å². The fourth-order valence-electron chi connectivity index (χ4n) is 0.907. The molecule has 0 aliphatic rings. The minimum absolute atomic E-state index is 1.03. The van der Waals surface area contributed by atoms with Gasteiger partial charge >= 0.3 is 0 Å². The first kappa shape index (κ1) is 6.55. The number of nitrogens with zero attached hydrogens (tertiary/aromatic N) is 1. The van der Waals surface area contributed by atoms with E-state index in [4.69, 9.17) is 0 Å². The average Bonchev–Trinajstić information content (AvgIpc) is 2.58. The average molecular weight is 160 g/mol. The van der Waals surface area contributed by atoms with Gasteiger partial charge in [0.1, 0.15) is 11.2 Å². The van der Waals surface area contributed by atoms with Crippen molar-refractivity contribution in [3.63, 3.8) is 0 Å². The molecular formula is C9H6NS. The van der Waals surface area contributed by atoms with Crippen LogP contribution in [0.3, 0.4) is 0 Å². The van der Waals surface area contributed by atoms with Gasteiger partial charge in [-0.05, 0) is 0 Å². The molecule has 0 spiro atoms. The quantitative estimate of drug-likeness (QED) is 0.625. The van der Waals surface area contributed by atoms with Crippen molar-refractivity contribution in [1.29, 1.82) is 0 Å². The Hall–Kier alpha value is -1.15. The molecule has 0 atom stereocenters. The molecule has 0 aliphatic carbocycles. The molecule has 2 rings (SSSR count). The van der Waals surface area contributed by atoms with E-state index in [1.807, 2.05) is 35.7 Å². The van der Waals surface area contributed by atoms with Gasteiger partial charge in [-0.15, -0.1) is 11.3 Å². The summed E-state index contributed by atoms with van der Waals surface area (Å²) < 4.78 is 0. The van der Waals surface area contributed by atoms with Crippen molar-refractivity contribution in [2.24, 2.45) is 0 Å². The van der Waals surface area contributed by atoms with E-state index in [2.05, 4.69) is 11.2 Å². The second-order valence-corrected chi connectivity index (χ2v) is 3.01. The van der Waals surface area contributed by atoms with Crippen molar-refractivity contribution >= 4 is 11.3 Å². The van der Waals surface area contributed by atoms with Crippen LogP contribution in [-0.2, 0) is 0 Å². The zero-order chi connectivity index (χ0) is 7.52. The SMILES string of the molecule is [c]1csc(-c2ccccc2)n1. The maximum atomic E-state index is 4.08. The summed E-state index contributed by atoms with van der Waals surface area (Å²) in [7, 11) is 0. The third-order valence-electron chi connectivity index (χ3n) is 1.41. The third kappa shape index (κ3) is 1.30. The van der Waals surface area contributed by atoms with E-state index in [9.17, 15) is 0 Å². The molecule has 2 aromatic rings. The summed E-state index contributed by atoms with van der Waals surface area (Å²) in [6.45, 7) is 0. The highest BCUT2D eigenvalue weighted by Gasteiger charge is 1.96. The monoisotopic (exact) mass is 160 g/mol. The van der Waals surface area contributed by atoms with E-state index >= 15 is 0 Å². The lowest BCUT2D eigenvalue weighted by Gasteiger charge is -1.91. The number of rotatable bonds is 1. The van der Waals surface area contributed by atoms with Crippen molar-refractivity contribution < 1.29 is 0 Å². The lowest BCUT2D eigenvalue weighted by atomic mass is 10.2. The molecule has 0 aliphatic heterocycles. The molecule has 11 heavy (non-hydrogen) atoms. The highest BCUT2D eigenvalue weighted by atomic mass is 32.1. The zero-order valence-electron chi connectivity index (χ0n) is 5.82. The first-order chi connectivity index (χ1) is 5.47. The van der Waals surface area contributed by atoms with Gasteiger partial charge in [0.05, 0.1) is 0 Å². The van der Waals surface area contributed by atoms with Gasteiger partial charge in [-0.3, -0.25) is 0 Å². The number of thiazole rings is 1. The van der Waals surface area contributed by atoms with Crippen molar-refractivity contribution in [2.75, 3.05) is 0 Å². The topological polar surface area (TPSA) is 12.9 Å². The predicted molar refractivity (Wildman–Crippen MR) is 46.4 cm³/mol. The Morgan fingerprint density at radius 3 is 2.64 bits per heavy atom. The van der Waals surface area contributed by atoms with Crippen molar-refractivity contribution in [3.8, 4) is 10.6 Å². The van der Waals surface area contributed by atoms with Crippen LogP contribution in [-0.4, -0.2) is 4.98 Å². The Balaban J connectivity index is 2.46. The number of hydrogen-bond donors (Lipinski definition) is 0. The summed E-state index contributed by atoms with van der Waals surface area (Å²) in [6.07, 6.45) is 2.80. The lowest BCUT2D eigenvalue weighted by Crippen LogP contribution is -1.71. The van der Waals surface area contributed by atoms with Crippen molar-refractivity contribution in [1.82, 2.24) is 4.98 Å². The van der Waals surface area contributed by atoms with Gasteiger partial charge in [0.25, 0.3) is 0 Å². The summed E-state index contributed by atoms with van der Waals surface area (Å²) in [5.41, 5.74) is 1.17. The van der Waals surface area contributed by atoms with E-state index in [1.165, 1.54) is 5.56 Å². The Morgan fingerprint density at radius 1 is 1.18 bits per heavy atom. The van der Waals surface area contributed by atoms with Crippen molar-refractivity contribution in [2.45, 2.75) is 0 Å². The Bertz CT molecular complexity index is 313. The molecule has 1 heterocycles. The molecule has 1 nitrogen and oxygen atoms in total. The molecule has 0 N–H and O–H groups in total. The van der Waals surface area contributed by atoms with Crippen LogP contribution in [0.1, 0.15) is 0 Å². The normalized spacial score (nSPS) is 9.82. The summed E-state index contributed by atoms with van der Waals surface area (Å²) in [4.78, 5) is 4.08. The minimum Gasteiger partial charge on any atom is -0.234 e. The number of aromatic nitrogens is 1. The van der Waals surface area contributed by atoms with Gasteiger partial charge in [-0.25, -0.2) is 4.98 Å². The standard InChI is InChI=1S/C9H6NS/c1-2-4-8(5-3-1)9-10-6-7-11-9/h1-5,7H. The summed E-state index contributed by atoms with van der Waals surface area (Å²) in [5, 5.41) is 2.90. The Labute approximate surface area is 69.3 Å². The van der Waals surface area contributed by atoms with Gasteiger partial charge in [-0.2, -0.15) is 0 Å². The summed E-state index contributed by atoms with van der Waals surface area (Å²) in [6, 6.07) is 10.1. The van der Waals surface area contributed by atoms with Crippen molar-refractivity contribution in [3.05, 3.63) is 41.9 Å². The smallest absolute Gasteiger partial charge is 0.124 e. The van der Waals surface area contributed by atoms with Gasteiger partial charge in [-0.1, -0.05) is 30.3 Å². The predicted octanol–water partition coefficient (Wildman–Crippen LogP) is 2.61. The van der Waals surface area contributed by atoms with Crippen LogP contribution < -0.4 is 0 Å². The molecular weight excluding hydrogens is 154 g/mol. The van der Waals surface area contributed by atoms with E-state index in [1.54, 1.807) is 11.3 Å². The Kier molecular flexibility index (Phi) is 1.69. The van der Waals surface area contributed by atoms with Gasteiger partial charge in [0.15, 0.2) is 0 Å². The molecule has 0 unspecified atom stereocenters. The minimum atomic E-state index is 1.03. The van der Waals surface area contributed by atoms with E-state index < -0.39 is 0 Å². The number of benzene rings is 1. The van der Waals surface area contributed by atoms with Crippen LogP contribution in [0.25, 0.3) is 10.6 Å². The molecule has 0 bridgehead atoms. The second kappa shape index (κ2) is 2.84. The highest BCUT2D eigenvalue weighted by Crippen LogP contribution is 2.19. The molecule has 0 fully saturated rings. The van der Waals surface area contributed by atoms with E-state index in [-0.39, 0.29) is 0 Å². The van der Waals surface area contributed by atoms with Crippen LogP contribution in [0, 0.1) is 6.20 Å². The highest BCUT2D eigenvalue weighted by molar-refractivity contribution is 7.13. The van der Waals surface area contributed by atoms with E-state index in [0.29, 0.717) is 0 Å². The maximum Gasteiger partial charge on any atom is 0.124 e. The molecule has 0 saturated carbocycles. The summed E-state index contributed by atoms with van der Waals surface area (Å²) in [5.74, 6) is 0. The molecule has 0 amide bonds. The zero-order valence-corrected chi connectivity index (χ0v) is 6.64. The molecule has 53 valence electrons. The molecule has 1 aromatic heterocycles. The van der Waals surface area contributed by atoms with Gasteiger partial charge < -0.3 is 0 Å². The van der Waals surface area contributed by atoms with Gasteiger partial charge in [0, 0.05) is 10.9 Å². The van der Waals surface area contributed by atoms with Crippen LogP contribution in [0.2, 0.25) is 0 Å². The molecule has 1 radical (unpaired) electrons. The molecule has 2 heteroatoms. The molecule has 0 saturated heterocycles. The lowest BCUT2D eigenvalue weighted by molar-refractivity contribution is 1.40. The van der Waals surface area contributed by atoms with Crippen LogP contribution >= 0.6 is 11.3 Å². The fourth-order valence-corrected chi connectivity index (χ4v) is 1.50. The first-order valence-electron chi connectivity index (χ1n) is 3.34. The second-order valence-electron chi connectivity index (χ2n) is 2.15. The fraction of sp³-hybridized carbons (Fsp3) is 0.